The molecule has 3 rings (SSSR count). The van der Waals surface area contributed by atoms with Gasteiger partial charge >= 0.3 is 0 Å². The number of carbonyl (C=O) groups excluding carboxylic acids is 2. The van der Waals surface area contributed by atoms with E-state index in [2.05, 4.69) is 24.3 Å². The number of piperazine rings is 1. The number of carbonyl (C=O) groups is 2. The van der Waals surface area contributed by atoms with Gasteiger partial charge in [0.1, 0.15) is 0 Å². The van der Waals surface area contributed by atoms with Gasteiger partial charge in [0.25, 0.3) is 0 Å². The van der Waals surface area contributed by atoms with Crippen LogP contribution in [0, 0.1) is 0 Å². The third kappa shape index (κ3) is 5.91. The van der Waals surface area contributed by atoms with Gasteiger partial charge in [-0.1, -0.05) is 60.7 Å². The van der Waals surface area contributed by atoms with Crippen LogP contribution in [0.3, 0.4) is 0 Å². The summed E-state index contributed by atoms with van der Waals surface area (Å²) in [7, 11) is 3.94. The molecule has 1 saturated heterocycles. The minimum Gasteiger partial charge on any atom is -0.339 e. The van der Waals surface area contributed by atoms with E-state index in [1.807, 2.05) is 65.2 Å². The van der Waals surface area contributed by atoms with Crippen molar-refractivity contribution < 1.29 is 9.59 Å². The molecule has 1 aliphatic rings. The van der Waals surface area contributed by atoms with Crippen LogP contribution < -0.4 is 0 Å². The van der Waals surface area contributed by atoms with E-state index in [-0.39, 0.29) is 17.7 Å². The monoisotopic (exact) mass is 393 g/mol. The Morgan fingerprint density at radius 3 is 1.69 bits per heavy atom. The highest BCUT2D eigenvalue weighted by Gasteiger charge is 2.26. The van der Waals surface area contributed by atoms with E-state index in [9.17, 15) is 9.59 Å². The summed E-state index contributed by atoms with van der Waals surface area (Å²) < 4.78 is 0. The maximum atomic E-state index is 13.1. The molecule has 0 unspecified atom stereocenters. The normalized spacial score (nSPS) is 14.5. The third-order valence-corrected chi connectivity index (χ3v) is 5.54. The second-order valence-electron chi connectivity index (χ2n) is 7.89. The molecule has 0 saturated carbocycles. The maximum Gasteiger partial charge on any atom is 0.223 e. The van der Waals surface area contributed by atoms with Gasteiger partial charge in [-0.25, -0.2) is 0 Å². The quantitative estimate of drug-likeness (QED) is 0.727. The first-order valence-electron chi connectivity index (χ1n) is 10.3. The molecule has 2 aromatic rings. The van der Waals surface area contributed by atoms with Crippen molar-refractivity contribution in [3.63, 3.8) is 0 Å². The van der Waals surface area contributed by atoms with Gasteiger partial charge in [-0.15, -0.1) is 0 Å². The summed E-state index contributed by atoms with van der Waals surface area (Å²) in [6.45, 7) is 3.23. The Morgan fingerprint density at radius 1 is 0.793 bits per heavy atom. The highest BCUT2D eigenvalue weighted by molar-refractivity contribution is 5.79. The molecule has 5 heteroatoms. The highest BCUT2D eigenvalue weighted by atomic mass is 16.2. The van der Waals surface area contributed by atoms with E-state index in [4.69, 9.17) is 0 Å². The van der Waals surface area contributed by atoms with E-state index >= 15 is 0 Å². The van der Waals surface area contributed by atoms with Crippen LogP contribution in [0.15, 0.2) is 60.7 Å². The van der Waals surface area contributed by atoms with E-state index in [1.54, 1.807) is 0 Å². The summed E-state index contributed by atoms with van der Waals surface area (Å²) in [5, 5.41) is 0. The Kier molecular flexibility index (Phi) is 7.42. The number of hydrogen-bond acceptors (Lipinski definition) is 3. The topological polar surface area (TPSA) is 43.9 Å². The van der Waals surface area contributed by atoms with Crippen molar-refractivity contribution >= 4 is 11.8 Å². The molecule has 0 N–H and O–H groups in total. The van der Waals surface area contributed by atoms with Crippen LogP contribution in [0.5, 0.6) is 0 Å². The van der Waals surface area contributed by atoms with Crippen LogP contribution >= 0.6 is 0 Å². The maximum absolute atomic E-state index is 13.1. The van der Waals surface area contributed by atoms with Crippen LogP contribution in [0.2, 0.25) is 0 Å². The molecule has 5 nitrogen and oxygen atoms in total. The van der Waals surface area contributed by atoms with E-state index in [1.165, 1.54) is 0 Å². The molecular formula is C24H31N3O2. The van der Waals surface area contributed by atoms with Crippen LogP contribution in [0.4, 0.5) is 0 Å². The lowest BCUT2D eigenvalue weighted by molar-refractivity contribution is -0.139. The minimum atomic E-state index is 0.0460. The first kappa shape index (κ1) is 21.1. The van der Waals surface area contributed by atoms with Crippen LogP contribution in [-0.4, -0.2) is 73.3 Å². The molecule has 0 aliphatic carbocycles. The van der Waals surface area contributed by atoms with Gasteiger partial charge in [0.2, 0.25) is 11.8 Å². The molecule has 154 valence electrons. The van der Waals surface area contributed by atoms with Crippen molar-refractivity contribution in [3.05, 3.63) is 71.8 Å². The average molecular weight is 394 g/mol. The zero-order chi connectivity index (χ0) is 20.6. The molecule has 29 heavy (non-hydrogen) atoms. The van der Waals surface area contributed by atoms with Crippen LogP contribution in [0.25, 0.3) is 0 Å². The van der Waals surface area contributed by atoms with Gasteiger partial charge in [0.15, 0.2) is 0 Å². The lowest BCUT2D eigenvalue weighted by atomic mass is 9.88. The molecular weight excluding hydrogens is 362 g/mol. The van der Waals surface area contributed by atoms with Gasteiger partial charge in [-0.2, -0.15) is 0 Å². The fourth-order valence-electron chi connectivity index (χ4n) is 3.79. The van der Waals surface area contributed by atoms with Gasteiger partial charge < -0.3 is 14.7 Å². The zero-order valence-electron chi connectivity index (χ0n) is 17.5. The number of nitrogens with zero attached hydrogens (tertiary/aromatic N) is 3. The Balaban J connectivity index is 1.60. The molecule has 0 spiro atoms. The standard InChI is InChI=1S/C24H31N3O2/c1-25(2)14-13-23(28)26-15-17-27(18-16-26)24(29)19-22(20-9-5-3-6-10-20)21-11-7-4-8-12-21/h3-12,22H,13-19H2,1-2H3. The molecule has 0 radical (unpaired) electrons. The second kappa shape index (κ2) is 10.2. The fraction of sp³-hybridized carbons (Fsp3) is 0.417. The summed E-state index contributed by atoms with van der Waals surface area (Å²) in [5.41, 5.74) is 2.31. The highest BCUT2D eigenvalue weighted by Crippen LogP contribution is 2.28. The number of amides is 2. The Hall–Kier alpha value is -2.66. The molecule has 1 aliphatic heterocycles. The van der Waals surface area contributed by atoms with Crippen molar-refractivity contribution in [1.82, 2.24) is 14.7 Å². The number of hydrogen-bond donors (Lipinski definition) is 0. The molecule has 0 aromatic heterocycles. The van der Waals surface area contributed by atoms with Gasteiger partial charge in [-0.3, -0.25) is 9.59 Å². The van der Waals surface area contributed by atoms with E-state index in [0.29, 0.717) is 39.0 Å². The Bertz CT molecular complexity index is 745. The van der Waals surface area contributed by atoms with Crippen LogP contribution in [0.1, 0.15) is 29.9 Å². The van der Waals surface area contributed by atoms with Crippen molar-refractivity contribution in [2.75, 3.05) is 46.8 Å². The summed E-state index contributed by atoms with van der Waals surface area (Å²) in [6.07, 6.45) is 0.980. The molecule has 0 atom stereocenters. The Labute approximate surface area is 173 Å². The first-order chi connectivity index (χ1) is 14.0. The number of rotatable bonds is 7. The number of benzene rings is 2. The third-order valence-electron chi connectivity index (χ3n) is 5.54. The van der Waals surface area contributed by atoms with E-state index in [0.717, 1.165) is 17.7 Å². The first-order valence-corrected chi connectivity index (χ1v) is 10.3. The minimum absolute atomic E-state index is 0.0460. The zero-order valence-corrected chi connectivity index (χ0v) is 17.5. The average Bonchev–Trinajstić information content (AvgIpc) is 2.77. The van der Waals surface area contributed by atoms with Crippen molar-refractivity contribution in [2.45, 2.75) is 18.8 Å². The van der Waals surface area contributed by atoms with Crippen molar-refractivity contribution in [2.24, 2.45) is 0 Å². The van der Waals surface area contributed by atoms with Gasteiger partial charge in [0, 0.05) is 51.5 Å². The summed E-state index contributed by atoms with van der Waals surface area (Å²) in [6, 6.07) is 20.4. The van der Waals surface area contributed by atoms with Crippen molar-refractivity contribution in [1.29, 1.82) is 0 Å². The van der Waals surface area contributed by atoms with Gasteiger partial charge in [-0.05, 0) is 25.2 Å². The molecule has 2 amide bonds. The largest absolute Gasteiger partial charge is 0.339 e. The molecule has 1 fully saturated rings. The second-order valence-corrected chi connectivity index (χ2v) is 7.89. The summed E-state index contributed by atoms with van der Waals surface area (Å²) in [5.74, 6) is 0.380. The van der Waals surface area contributed by atoms with Crippen molar-refractivity contribution in [3.8, 4) is 0 Å². The Morgan fingerprint density at radius 2 is 1.24 bits per heavy atom. The summed E-state index contributed by atoms with van der Waals surface area (Å²) in [4.78, 5) is 31.2. The molecule has 1 heterocycles. The molecule has 2 aromatic carbocycles. The fourth-order valence-corrected chi connectivity index (χ4v) is 3.79. The van der Waals surface area contributed by atoms with E-state index < -0.39 is 0 Å². The van der Waals surface area contributed by atoms with Gasteiger partial charge in [0.05, 0.1) is 0 Å². The smallest absolute Gasteiger partial charge is 0.223 e. The predicted octanol–water partition coefficient (Wildman–Crippen LogP) is 2.83. The molecule has 0 bridgehead atoms. The van der Waals surface area contributed by atoms with Crippen LogP contribution in [-0.2, 0) is 9.59 Å². The predicted molar refractivity (Wildman–Crippen MR) is 116 cm³/mol. The SMILES string of the molecule is CN(C)CCC(=O)N1CCN(C(=O)CC(c2ccccc2)c2ccccc2)CC1. The summed E-state index contributed by atoms with van der Waals surface area (Å²) >= 11 is 0. The lowest BCUT2D eigenvalue weighted by Crippen LogP contribution is -2.51. The lowest BCUT2D eigenvalue weighted by Gasteiger charge is -2.35.